The van der Waals surface area contributed by atoms with E-state index in [9.17, 15) is 13.2 Å². The van der Waals surface area contributed by atoms with Crippen molar-refractivity contribution in [2.45, 2.75) is 50.2 Å². The van der Waals surface area contributed by atoms with Crippen LogP contribution in [0.4, 0.5) is 5.69 Å². The van der Waals surface area contributed by atoms with E-state index in [-0.39, 0.29) is 22.1 Å². The Hall–Kier alpha value is -1.99. The van der Waals surface area contributed by atoms with Gasteiger partial charge in [0.25, 0.3) is 10.0 Å². The molecule has 0 radical (unpaired) electrons. The van der Waals surface area contributed by atoms with Crippen molar-refractivity contribution in [2.24, 2.45) is 0 Å². The number of rotatable bonds is 9. The monoisotopic (exact) mass is 448 g/mol. The van der Waals surface area contributed by atoms with Crippen LogP contribution in [0.25, 0.3) is 0 Å². The van der Waals surface area contributed by atoms with Crippen LogP contribution < -0.4 is 9.62 Å². The maximum absolute atomic E-state index is 13.3. The van der Waals surface area contributed by atoms with Crippen LogP contribution in [0, 0.1) is 0 Å². The lowest BCUT2D eigenvalue weighted by Crippen LogP contribution is -2.41. The first-order valence-corrected chi connectivity index (χ1v) is 12.5. The number of sulfonamides is 1. The Labute approximate surface area is 185 Å². The van der Waals surface area contributed by atoms with Gasteiger partial charge in [-0.3, -0.25) is 9.10 Å². The second kappa shape index (κ2) is 10.4. The molecular weight excluding hydrogens is 416 g/mol. The number of nitrogens with one attached hydrogen (secondary N) is 1. The molecule has 30 heavy (non-hydrogen) atoms. The maximum atomic E-state index is 13.3. The number of nitrogens with zero attached hydrogens (tertiary/aromatic N) is 1. The Morgan fingerprint density at radius 1 is 1.03 bits per heavy atom. The number of thioether (sulfide) groups is 1. The second-order valence-electron chi connectivity index (χ2n) is 8.38. The highest BCUT2D eigenvalue weighted by Gasteiger charge is 2.27. The molecule has 164 valence electrons. The Bertz CT molecular complexity index is 919. The van der Waals surface area contributed by atoms with Crippen LogP contribution in [0.5, 0.6) is 0 Å². The summed E-state index contributed by atoms with van der Waals surface area (Å²) >= 11 is 1.75. The highest BCUT2D eigenvalue weighted by atomic mass is 32.2. The lowest BCUT2D eigenvalue weighted by molar-refractivity contribution is -0.119. The number of hydrogen-bond donors (Lipinski definition) is 1. The molecule has 0 aliphatic heterocycles. The summed E-state index contributed by atoms with van der Waals surface area (Å²) in [4.78, 5) is 12.7. The van der Waals surface area contributed by atoms with Crippen LogP contribution in [0.3, 0.4) is 0 Å². The van der Waals surface area contributed by atoms with Gasteiger partial charge in [-0.1, -0.05) is 65.0 Å². The fourth-order valence-electron chi connectivity index (χ4n) is 2.79. The largest absolute Gasteiger partial charge is 0.354 e. The zero-order valence-corrected chi connectivity index (χ0v) is 20.0. The van der Waals surface area contributed by atoms with Crippen molar-refractivity contribution < 1.29 is 13.2 Å². The highest BCUT2D eigenvalue weighted by molar-refractivity contribution is 8.00. The van der Waals surface area contributed by atoms with Gasteiger partial charge in [0.1, 0.15) is 6.54 Å². The Balaban J connectivity index is 2.22. The lowest BCUT2D eigenvalue weighted by Gasteiger charge is -2.25. The first kappa shape index (κ1) is 24.3. The van der Waals surface area contributed by atoms with Crippen molar-refractivity contribution >= 4 is 33.4 Å². The quantitative estimate of drug-likeness (QED) is 0.567. The lowest BCUT2D eigenvalue weighted by atomic mass is 10.0. The molecule has 2 aromatic rings. The second-order valence-corrected chi connectivity index (χ2v) is 12.2. The number of amides is 1. The van der Waals surface area contributed by atoms with E-state index in [4.69, 9.17) is 0 Å². The number of carbonyl (C=O) groups excluding carboxylic acids is 1. The van der Waals surface area contributed by atoms with E-state index in [0.29, 0.717) is 18.2 Å². The molecule has 0 heterocycles. The van der Waals surface area contributed by atoms with Crippen molar-refractivity contribution in [1.82, 2.24) is 5.32 Å². The minimum absolute atomic E-state index is 0.117. The van der Waals surface area contributed by atoms with Gasteiger partial charge in [-0.2, -0.15) is 11.8 Å². The van der Waals surface area contributed by atoms with E-state index in [1.807, 2.05) is 12.1 Å². The molecule has 0 bridgehead atoms. The SMILES string of the molecule is CC(C)c1ccc(N(CC(=O)NCCSC(C)(C)C)S(=O)(=O)c2ccccc2)cc1. The zero-order chi connectivity index (χ0) is 22.4. The van der Waals surface area contributed by atoms with Crippen LogP contribution in [-0.2, 0) is 14.8 Å². The van der Waals surface area contributed by atoms with Gasteiger partial charge < -0.3 is 5.32 Å². The van der Waals surface area contributed by atoms with Crippen molar-refractivity contribution in [3.8, 4) is 0 Å². The van der Waals surface area contributed by atoms with Crippen molar-refractivity contribution in [3.63, 3.8) is 0 Å². The first-order valence-electron chi connectivity index (χ1n) is 10.1. The van der Waals surface area contributed by atoms with Crippen LogP contribution in [0.15, 0.2) is 59.5 Å². The first-order chi connectivity index (χ1) is 14.0. The fraction of sp³-hybridized carbons (Fsp3) is 0.435. The van der Waals surface area contributed by atoms with Gasteiger partial charge in [0.2, 0.25) is 5.91 Å². The van der Waals surface area contributed by atoms with Gasteiger partial charge in [-0.05, 0) is 35.7 Å². The molecule has 2 rings (SSSR count). The molecule has 0 aliphatic rings. The summed E-state index contributed by atoms with van der Waals surface area (Å²) in [6.45, 7) is 10.7. The summed E-state index contributed by atoms with van der Waals surface area (Å²) in [6, 6.07) is 15.5. The average molecular weight is 449 g/mol. The summed E-state index contributed by atoms with van der Waals surface area (Å²) in [5, 5.41) is 2.84. The minimum atomic E-state index is -3.87. The molecule has 0 atom stereocenters. The van der Waals surface area contributed by atoms with Crippen molar-refractivity contribution in [1.29, 1.82) is 0 Å². The van der Waals surface area contributed by atoms with Crippen LogP contribution >= 0.6 is 11.8 Å². The molecule has 0 aliphatic carbocycles. The molecule has 0 aromatic heterocycles. The molecule has 0 fully saturated rings. The molecule has 1 amide bonds. The molecule has 2 aromatic carbocycles. The van der Waals surface area contributed by atoms with Crippen LogP contribution in [0.1, 0.15) is 46.1 Å². The number of anilines is 1. The maximum Gasteiger partial charge on any atom is 0.264 e. The predicted octanol–water partition coefficient (Wildman–Crippen LogP) is 4.65. The summed E-state index contributed by atoms with van der Waals surface area (Å²) in [5.74, 6) is 0.780. The summed E-state index contributed by atoms with van der Waals surface area (Å²) in [7, 11) is -3.87. The number of carbonyl (C=O) groups is 1. The van der Waals surface area contributed by atoms with Gasteiger partial charge >= 0.3 is 0 Å². The smallest absolute Gasteiger partial charge is 0.264 e. The zero-order valence-electron chi connectivity index (χ0n) is 18.4. The molecule has 0 unspecified atom stereocenters. The number of benzene rings is 2. The minimum Gasteiger partial charge on any atom is -0.354 e. The van der Waals surface area contributed by atoms with Gasteiger partial charge in [0.05, 0.1) is 10.6 Å². The molecule has 0 spiro atoms. The predicted molar refractivity (Wildman–Crippen MR) is 127 cm³/mol. The van der Waals surface area contributed by atoms with E-state index < -0.39 is 10.0 Å². The van der Waals surface area contributed by atoms with E-state index in [0.717, 1.165) is 11.3 Å². The van der Waals surface area contributed by atoms with E-state index >= 15 is 0 Å². The molecule has 5 nitrogen and oxygen atoms in total. The van der Waals surface area contributed by atoms with Crippen molar-refractivity contribution in [3.05, 3.63) is 60.2 Å². The summed E-state index contributed by atoms with van der Waals surface area (Å²) in [5.41, 5.74) is 1.59. The van der Waals surface area contributed by atoms with E-state index in [1.54, 1.807) is 54.2 Å². The van der Waals surface area contributed by atoms with Gasteiger partial charge in [-0.25, -0.2) is 8.42 Å². The third-order valence-corrected chi connectivity index (χ3v) is 7.49. The number of hydrogen-bond acceptors (Lipinski definition) is 4. The van der Waals surface area contributed by atoms with Gasteiger partial charge in [-0.15, -0.1) is 0 Å². The van der Waals surface area contributed by atoms with Crippen LogP contribution in [-0.4, -0.2) is 37.9 Å². The fourth-order valence-corrected chi connectivity index (χ4v) is 5.05. The average Bonchev–Trinajstić information content (AvgIpc) is 2.69. The van der Waals surface area contributed by atoms with Gasteiger partial charge in [0, 0.05) is 17.0 Å². The topological polar surface area (TPSA) is 66.5 Å². The summed E-state index contributed by atoms with van der Waals surface area (Å²) < 4.78 is 27.9. The Morgan fingerprint density at radius 3 is 2.17 bits per heavy atom. The standard InChI is InChI=1S/C23H32N2O3S2/c1-18(2)19-11-13-20(14-12-19)25(30(27,28)21-9-7-6-8-10-21)17-22(26)24-15-16-29-23(3,4)5/h6-14,18H,15-17H2,1-5H3,(H,24,26). The Kier molecular flexibility index (Phi) is 8.38. The van der Waals surface area contributed by atoms with E-state index in [1.165, 1.54) is 4.31 Å². The van der Waals surface area contributed by atoms with E-state index in [2.05, 4.69) is 39.9 Å². The Morgan fingerprint density at radius 2 is 1.63 bits per heavy atom. The third-order valence-electron chi connectivity index (χ3n) is 4.43. The molecule has 0 saturated carbocycles. The molecule has 0 saturated heterocycles. The highest BCUT2D eigenvalue weighted by Crippen LogP contribution is 2.26. The third kappa shape index (κ3) is 7.06. The van der Waals surface area contributed by atoms with Gasteiger partial charge in [0.15, 0.2) is 0 Å². The van der Waals surface area contributed by atoms with Crippen molar-refractivity contribution in [2.75, 3.05) is 23.1 Å². The van der Waals surface area contributed by atoms with Crippen LogP contribution in [0.2, 0.25) is 0 Å². The molecule has 1 N–H and O–H groups in total. The molecular formula is C23H32N2O3S2. The summed E-state index contributed by atoms with van der Waals surface area (Å²) in [6.07, 6.45) is 0. The normalized spacial score (nSPS) is 12.1. The molecule has 7 heteroatoms.